The first kappa shape index (κ1) is 13.2. The van der Waals surface area contributed by atoms with E-state index in [1.807, 2.05) is 0 Å². The molecule has 0 saturated carbocycles. The number of nitrogens with one attached hydrogen (secondary N) is 1. The minimum Gasteiger partial charge on any atom is -0.495 e. The summed E-state index contributed by atoms with van der Waals surface area (Å²) in [4.78, 5) is 11.7. The molecule has 1 aromatic carbocycles. The van der Waals surface area contributed by atoms with Crippen molar-refractivity contribution in [3.8, 4) is 5.75 Å². The predicted molar refractivity (Wildman–Crippen MR) is 69.4 cm³/mol. The Morgan fingerprint density at radius 3 is 2.67 bits per heavy atom. The molecule has 98 valence electrons. The smallest absolute Gasteiger partial charge is 0.314 e. The second kappa shape index (κ2) is 5.16. The van der Waals surface area contributed by atoms with Gasteiger partial charge in [0.2, 0.25) is 0 Å². The molecule has 2 N–H and O–H groups in total. The van der Waals surface area contributed by atoms with E-state index in [9.17, 15) is 9.90 Å². The fourth-order valence-corrected chi connectivity index (χ4v) is 2.63. The molecule has 1 aromatic rings. The number of carbonyl (C=O) groups is 1. The lowest BCUT2D eigenvalue weighted by Gasteiger charge is -2.34. The van der Waals surface area contributed by atoms with Crippen molar-refractivity contribution in [3.63, 3.8) is 0 Å². The molecule has 0 radical (unpaired) electrons. The van der Waals surface area contributed by atoms with Crippen LogP contribution in [0.3, 0.4) is 0 Å². The highest BCUT2D eigenvalue weighted by Gasteiger charge is 2.41. The van der Waals surface area contributed by atoms with Gasteiger partial charge in [-0.25, -0.2) is 0 Å². The largest absolute Gasteiger partial charge is 0.495 e. The summed E-state index contributed by atoms with van der Waals surface area (Å²) in [7, 11) is 1.53. The number of carboxylic acids is 1. The summed E-state index contributed by atoms with van der Waals surface area (Å²) in [5.41, 5.74) is -0.0684. The van der Waals surface area contributed by atoms with Gasteiger partial charge in [-0.15, -0.1) is 0 Å². The Hall–Kier alpha value is -1.26. The summed E-state index contributed by atoms with van der Waals surface area (Å²) in [6.45, 7) is 1.41. The first-order valence-corrected chi connectivity index (χ1v) is 6.26. The second-order valence-electron chi connectivity index (χ2n) is 4.49. The van der Waals surface area contributed by atoms with Gasteiger partial charge in [0.05, 0.1) is 17.5 Å². The number of methoxy groups -OCH3 is 1. The van der Waals surface area contributed by atoms with Crippen molar-refractivity contribution in [2.45, 2.75) is 18.3 Å². The first-order chi connectivity index (χ1) is 8.60. The molecule has 1 aliphatic heterocycles. The van der Waals surface area contributed by atoms with Crippen molar-refractivity contribution in [3.05, 3.63) is 28.8 Å². The van der Waals surface area contributed by atoms with E-state index < -0.39 is 11.4 Å². The summed E-state index contributed by atoms with van der Waals surface area (Å²) >= 11 is 5.98. The molecule has 1 saturated heterocycles. The van der Waals surface area contributed by atoms with E-state index in [4.69, 9.17) is 16.3 Å². The highest BCUT2D eigenvalue weighted by Crippen LogP contribution is 2.37. The molecule has 0 aromatic heterocycles. The van der Waals surface area contributed by atoms with Crippen LogP contribution < -0.4 is 10.1 Å². The van der Waals surface area contributed by atoms with E-state index in [1.54, 1.807) is 18.2 Å². The van der Waals surface area contributed by atoms with Crippen LogP contribution in [0, 0.1) is 0 Å². The SMILES string of the molecule is COc1cc(C2(C(=O)O)CCNCC2)ccc1Cl. The number of ether oxygens (including phenoxy) is 1. The van der Waals surface area contributed by atoms with Crippen molar-refractivity contribution in [2.75, 3.05) is 20.2 Å². The number of hydrogen-bond acceptors (Lipinski definition) is 3. The highest BCUT2D eigenvalue weighted by atomic mass is 35.5. The quantitative estimate of drug-likeness (QED) is 0.882. The maximum atomic E-state index is 11.7. The average molecular weight is 270 g/mol. The fourth-order valence-electron chi connectivity index (χ4n) is 2.44. The Balaban J connectivity index is 2.45. The molecular formula is C13H16ClNO3. The van der Waals surface area contributed by atoms with E-state index >= 15 is 0 Å². The second-order valence-corrected chi connectivity index (χ2v) is 4.89. The third kappa shape index (κ3) is 2.18. The standard InChI is InChI=1S/C13H16ClNO3/c1-18-11-8-9(2-3-10(11)14)13(12(16)17)4-6-15-7-5-13/h2-3,8,15H,4-7H2,1H3,(H,16,17). The van der Waals surface area contributed by atoms with Gasteiger partial charge >= 0.3 is 5.97 Å². The van der Waals surface area contributed by atoms with Gasteiger partial charge in [0, 0.05) is 0 Å². The van der Waals surface area contributed by atoms with Gasteiger partial charge in [0.25, 0.3) is 0 Å². The van der Waals surface area contributed by atoms with Gasteiger partial charge in [-0.1, -0.05) is 17.7 Å². The maximum Gasteiger partial charge on any atom is 0.314 e. The van der Waals surface area contributed by atoms with Gasteiger partial charge in [-0.3, -0.25) is 4.79 Å². The zero-order valence-electron chi connectivity index (χ0n) is 10.2. The van der Waals surface area contributed by atoms with Crippen LogP contribution >= 0.6 is 11.6 Å². The molecule has 1 fully saturated rings. The summed E-state index contributed by atoms with van der Waals surface area (Å²) < 4.78 is 5.16. The molecule has 0 unspecified atom stereocenters. The minimum absolute atomic E-state index is 0.496. The van der Waals surface area contributed by atoms with Gasteiger partial charge in [-0.05, 0) is 43.6 Å². The fraction of sp³-hybridized carbons (Fsp3) is 0.462. The van der Waals surface area contributed by atoms with Crippen molar-refractivity contribution < 1.29 is 14.6 Å². The van der Waals surface area contributed by atoms with Gasteiger partial charge in [-0.2, -0.15) is 0 Å². The van der Waals surface area contributed by atoms with Crippen LogP contribution in [0.4, 0.5) is 0 Å². The molecule has 1 heterocycles. The summed E-state index contributed by atoms with van der Waals surface area (Å²) in [6, 6.07) is 5.22. The maximum absolute atomic E-state index is 11.7. The number of aliphatic carboxylic acids is 1. The third-order valence-corrected chi connectivity index (χ3v) is 3.88. The number of piperidine rings is 1. The van der Waals surface area contributed by atoms with Crippen molar-refractivity contribution in [2.24, 2.45) is 0 Å². The third-order valence-electron chi connectivity index (χ3n) is 3.57. The van der Waals surface area contributed by atoms with Gasteiger partial charge < -0.3 is 15.2 Å². The molecular weight excluding hydrogens is 254 g/mol. The zero-order chi connectivity index (χ0) is 13.2. The molecule has 0 atom stereocenters. The summed E-state index contributed by atoms with van der Waals surface area (Å²) in [5, 5.41) is 13.3. The first-order valence-electron chi connectivity index (χ1n) is 5.88. The van der Waals surface area contributed by atoms with Crippen LogP contribution in [0.5, 0.6) is 5.75 Å². The van der Waals surface area contributed by atoms with Crippen LogP contribution in [0.25, 0.3) is 0 Å². The van der Waals surface area contributed by atoms with Crippen LogP contribution in [0.15, 0.2) is 18.2 Å². The Morgan fingerprint density at radius 1 is 1.44 bits per heavy atom. The molecule has 1 aliphatic rings. The molecule has 5 heteroatoms. The lowest BCUT2D eigenvalue weighted by molar-refractivity contribution is -0.145. The molecule has 0 aliphatic carbocycles. The van der Waals surface area contributed by atoms with E-state index in [1.165, 1.54) is 7.11 Å². The number of benzene rings is 1. The Labute approximate surface area is 111 Å². The average Bonchev–Trinajstić information content (AvgIpc) is 2.40. The number of hydrogen-bond donors (Lipinski definition) is 2. The van der Waals surface area contributed by atoms with Gasteiger partial charge in [0.15, 0.2) is 0 Å². The van der Waals surface area contributed by atoms with Crippen molar-refractivity contribution in [1.29, 1.82) is 0 Å². The molecule has 2 rings (SSSR count). The summed E-state index contributed by atoms with van der Waals surface area (Å²) in [6.07, 6.45) is 1.15. The Morgan fingerprint density at radius 2 is 2.11 bits per heavy atom. The van der Waals surface area contributed by atoms with Crippen LogP contribution in [-0.2, 0) is 10.2 Å². The van der Waals surface area contributed by atoms with Crippen LogP contribution in [-0.4, -0.2) is 31.3 Å². The predicted octanol–water partition coefficient (Wildman–Crippen LogP) is 2.05. The molecule has 0 amide bonds. The number of carboxylic acid groups (broad SMARTS) is 1. The lowest BCUT2D eigenvalue weighted by Crippen LogP contribution is -2.45. The Bertz CT molecular complexity index is 456. The molecule has 18 heavy (non-hydrogen) atoms. The van der Waals surface area contributed by atoms with Crippen molar-refractivity contribution in [1.82, 2.24) is 5.32 Å². The highest BCUT2D eigenvalue weighted by molar-refractivity contribution is 6.32. The van der Waals surface area contributed by atoms with Crippen LogP contribution in [0.2, 0.25) is 5.02 Å². The van der Waals surface area contributed by atoms with E-state index in [0.717, 1.165) is 5.56 Å². The Kier molecular flexibility index (Phi) is 3.78. The topological polar surface area (TPSA) is 58.6 Å². The zero-order valence-corrected chi connectivity index (χ0v) is 11.0. The molecule has 0 spiro atoms. The number of rotatable bonds is 3. The van der Waals surface area contributed by atoms with E-state index in [0.29, 0.717) is 36.7 Å². The normalized spacial score (nSPS) is 18.3. The number of halogens is 1. The van der Waals surface area contributed by atoms with E-state index in [-0.39, 0.29) is 0 Å². The van der Waals surface area contributed by atoms with Gasteiger partial charge in [0.1, 0.15) is 5.75 Å². The van der Waals surface area contributed by atoms with Crippen LogP contribution in [0.1, 0.15) is 18.4 Å². The lowest BCUT2D eigenvalue weighted by atomic mass is 9.73. The minimum atomic E-state index is -0.830. The molecule has 0 bridgehead atoms. The monoisotopic (exact) mass is 269 g/mol. The summed E-state index contributed by atoms with van der Waals surface area (Å²) in [5.74, 6) is -0.262. The molecule has 4 nitrogen and oxygen atoms in total. The van der Waals surface area contributed by atoms with E-state index in [2.05, 4.69) is 5.32 Å². The van der Waals surface area contributed by atoms with Crippen molar-refractivity contribution >= 4 is 17.6 Å².